The molecule has 16 heavy (non-hydrogen) atoms. The van der Waals surface area contributed by atoms with Crippen molar-refractivity contribution in [1.82, 2.24) is 10.6 Å². The van der Waals surface area contributed by atoms with E-state index < -0.39 is 0 Å². The van der Waals surface area contributed by atoms with E-state index in [9.17, 15) is 4.79 Å². The van der Waals surface area contributed by atoms with Crippen molar-refractivity contribution in [3.05, 3.63) is 0 Å². The van der Waals surface area contributed by atoms with Crippen LogP contribution in [0.1, 0.15) is 33.6 Å². The van der Waals surface area contributed by atoms with Gasteiger partial charge in [0.25, 0.3) is 0 Å². The maximum Gasteiger partial charge on any atom is 0.230 e. The smallest absolute Gasteiger partial charge is 0.230 e. The molecule has 0 unspecified atom stereocenters. The second-order valence-corrected chi connectivity index (χ2v) is 5.44. The summed E-state index contributed by atoms with van der Waals surface area (Å²) in [5.41, 5.74) is 0. The SMILES string of the molecule is CCCNCCNC(=O)CSCCC(C)C. The molecule has 0 bridgehead atoms. The Morgan fingerprint density at radius 2 is 2.00 bits per heavy atom. The fraction of sp³-hybridized carbons (Fsp3) is 0.917. The molecule has 0 saturated heterocycles. The van der Waals surface area contributed by atoms with Crippen molar-refractivity contribution in [1.29, 1.82) is 0 Å². The highest BCUT2D eigenvalue weighted by Gasteiger charge is 2.01. The van der Waals surface area contributed by atoms with Crippen molar-refractivity contribution in [3.8, 4) is 0 Å². The lowest BCUT2D eigenvalue weighted by molar-refractivity contribution is -0.118. The lowest BCUT2D eigenvalue weighted by atomic mass is 10.2. The Bertz CT molecular complexity index is 174. The van der Waals surface area contributed by atoms with Crippen molar-refractivity contribution in [2.24, 2.45) is 5.92 Å². The van der Waals surface area contributed by atoms with Crippen LogP contribution in [0.2, 0.25) is 0 Å². The third-order valence-corrected chi connectivity index (χ3v) is 3.11. The molecule has 0 spiro atoms. The summed E-state index contributed by atoms with van der Waals surface area (Å²) in [6.07, 6.45) is 2.33. The number of hydrogen-bond acceptors (Lipinski definition) is 3. The molecule has 0 radical (unpaired) electrons. The predicted octanol–water partition coefficient (Wildman–Crippen LogP) is 1.88. The normalized spacial score (nSPS) is 10.8. The number of amides is 1. The van der Waals surface area contributed by atoms with Crippen LogP contribution in [-0.4, -0.2) is 37.0 Å². The van der Waals surface area contributed by atoms with E-state index in [-0.39, 0.29) is 5.91 Å². The summed E-state index contributed by atoms with van der Waals surface area (Å²) in [6, 6.07) is 0. The van der Waals surface area contributed by atoms with E-state index in [2.05, 4.69) is 31.4 Å². The summed E-state index contributed by atoms with van der Waals surface area (Å²) in [5, 5.41) is 6.16. The summed E-state index contributed by atoms with van der Waals surface area (Å²) in [7, 11) is 0. The molecule has 0 aromatic carbocycles. The van der Waals surface area contributed by atoms with Crippen molar-refractivity contribution in [2.45, 2.75) is 33.6 Å². The molecule has 4 heteroatoms. The second-order valence-electron chi connectivity index (χ2n) is 4.34. The van der Waals surface area contributed by atoms with Gasteiger partial charge in [-0.15, -0.1) is 0 Å². The largest absolute Gasteiger partial charge is 0.354 e. The van der Waals surface area contributed by atoms with Gasteiger partial charge >= 0.3 is 0 Å². The molecule has 1 amide bonds. The van der Waals surface area contributed by atoms with Crippen LogP contribution in [0.15, 0.2) is 0 Å². The Morgan fingerprint density at radius 1 is 1.25 bits per heavy atom. The molecule has 0 rings (SSSR count). The minimum Gasteiger partial charge on any atom is -0.354 e. The van der Waals surface area contributed by atoms with Gasteiger partial charge in [-0.3, -0.25) is 4.79 Å². The number of carbonyl (C=O) groups excluding carboxylic acids is 1. The fourth-order valence-corrected chi connectivity index (χ4v) is 2.20. The minimum atomic E-state index is 0.159. The molecule has 0 heterocycles. The zero-order chi connectivity index (χ0) is 12.2. The summed E-state index contributed by atoms with van der Waals surface area (Å²) < 4.78 is 0. The molecule has 2 N–H and O–H groups in total. The lowest BCUT2D eigenvalue weighted by Crippen LogP contribution is -2.33. The molecular weight excluding hydrogens is 220 g/mol. The van der Waals surface area contributed by atoms with Crippen LogP contribution < -0.4 is 10.6 Å². The lowest BCUT2D eigenvalue weighted by Gasteiger charge is -2.06. The Labute approximate surface area is 104 Å². The van der Waals surface area contributed by atoms with E-state index in [0.717, 1.165) is 37.7 Å². The van der Waals surface area contributed by atoms with Gasteiger partial charge in [0.05, 0.1) is 5.75 Å². The van der Waals surface area contributed by atoms with Gasteiger partial charge in [-0.1, -0.05) is 20.8 Å². The first-order chi connectivity index (χ1) is 7.66. The molecule has 96 valence electrons. The fourth-order valence-electron chi connectivity index (χ4n) is 1.13. The van der Waals surface area contributed by atoms with Gasteiger partial charge in [-0.25, -0.2) is 0 Å². The van der Waals surface area contributed by atoms with Gasteiger partial charge in [-0.2, -0.15) is 11.8 Å². The molecule has 0 aliphatic carbocycles. The number of carbonyl (C=O) groups is 1. The maximum absolute atomic E-state index is 11.4. The van der Waals surface area contributed by atoms with Gasteiger partial charge in [0.1, 0.15) is 0 Å². The predicted molar refractivity (Wildman–Crippen MR) is 73.0 cm³/mol. The van der Waals surface area contributed by atoms with E-state index in [1.807, 2.05) is 0 Å². The van der Waals surface area contributed by atoms with Crippen molar-refractivity contribution in [3.63, 3.8) is 0 Å². The van der Waals surface area contributed by atoms with E-state index in [1.165, 1.54) is 6.42 Å². The van der Waals surface area contributed by atoms with Crippen molar-refractivity contribution >= 4 is 17.7 Å². The zero-order valence-electron chi connectivity index (χ0n) is 10.8. The van der Waals surface area contributed by atoms with E-state index >= 15 is 0 Å². The molecular formula is C12H26N2OS. The molecule has 0 atom stereocenters. The molecule has 0 aromatic heterocycles. The van der Waals surface area contributed by atoms with Crippen LogP contribution in [0.3, 0.4) is 0 Å². The first-order valence-corrected chi connectivity index (χ1v) is 7.37. The van der Waals surface area contributed by atoms with Crippen LogP contribution in [0.4, 0.5) is 0 Å². The monoisotopic (exact) mass is 246 g/mol. The van der Waals surface area contributed by atoms with Gasteiger partial charge < -0.3 is 10.6 Å². The molecule has 3 nitrogen and oxygen atoms in total. The Kier molecular flexibility index (Phi) is 11.1. The highest BCUT2D eigenvalue weighted by Crippen LogP contribution is 2.07. The molecule has 0 aliphatic rings. The summed E-state index contributed by atoms with van der Waals surface area (Å²) in [6.45, 7) is 9.19. The number of thioether (sulfide) groups is 1. The van der Waals surface area contributed by atoms with Gasteiger partial charge in [0.15, 0.2) is 0 Å². The summed E-state index contributed by atoms with van der Waals surface area (Å²) in [5.74, 6) is 2.57. The third-order valence-electron chi connectivity index (χ3n) is 2.12. The quantitative estimate of drug-likeness (QED) is 0.578. The first-order valence-electron chi connectivity index (χ1n) is 6.22. The Morgan fingerprint density at radius 3 is 2.62 bits per heavy atom. The Hall–Kier alpha value is -0.220. The topological polar surface area (TPSA) is 41.1 Å². The minimum absolute atomic E-state index is 0.159. The van der Waals surface area contributed by atoms with Crippen LogP contribution >= 0.6 is 11.8 Å². The highest BCUT2D eigenvalue weighted by atomic mass is 32.2. The van der Waals surface area contributed by atoms with Crippen LogP contribution in [0, 0.1) is 5.92 Å². The first kappa shape index (κ1) is 15.8. The van der Waals surface area contributed by atoms with Crippen molar-refractivity contribution < 1.29 is 4.79 Å². The van der Waals surface area contributed by atoms with Crippen LogP contribution in [-0.2, 0) is 4.79 Å². The van der Waals surface area contributed by atoms with Gasteiger partial charge in [0.2, 0.25) is 5.91 Å². The van der Waals surface area contributed by atoms with Crippen molar-refractivity contribution in [2.75, 3.05) is 31.1 Å². The molecule has 0 aliphatic heterocycles. The second kappa shape index (κ2) is 11.3. The zero-order valence-corrected chi connectivity index (χ0v) is 11.7. The Balaban J connectivity index is 3.18. The standard InChI is InChI=1S/C12H26N2OS/c1-4-6-13-7-8-14-12(15)10-16-9-5-11(2)3/h11,13H,4-10H2,1-3H3,(H,14,15). The number of rotatable bonds is 10. The summed E-state index contributed by atoms with van der Waals surface area (Å²) >= 11 is 1.73. The average molecular weight is 246 g/mol. The number of nitrogens with one attached hydrogen (secondary N) is 2. The van der Waals surface area contributed by atoms with E-state index in [4.69, 9.17) is 0 Å². The van der Waals surface area contributed by atoms with Crippen LogP contribution in [0.5, 0.6) is 0 Å². The molecule has 0 fully saturated rings. The van der Waals surface area contributed by atoms with E-state index in [0.29, 0.717) is 5.75 Å². The maximum atomic E-state index is 11.4. The van der Waals surface area contributed by atoms with Crippen LogP contribution in [0.25, 0.3) is 0 Å². The molecule has 0 saturated carbocycles. The average Bonchev–Trinajstić information content (AvgIpc) is 2.24. The van der Waals surface area contributed by atoms with Gasteiger partial charge in [-0.05, 0) is 31.1 Å². The number of hydrogen-bond donors (Lipinski definition) is 2. The third kappa shape index (κ3) is 11.9. The highest BCUT2D eigenvalue weighted by molar-refractivity contribution is 7.99. The van der Waals surface area contributed by atoms with Gasteiger partial charge in [0, 0.05) is 13.1 Å². The molecule has 0 aromatic rings. The summed E-state index contributed by atoms with van der Waals surface area (Å²) in [4.78, 5) is 11.4. The van der Waals surface area contributed by atoms with E-state index in [1.54, 1.807) is 11.8 Å².